The number of aryl methyl sites for hydroxylation is 1. The van der Waals surface area contributed by atoms with Crippen molar-refractivity contribution >= 4 is 11.6 Å². The molecule has 2 aromatic carbocycles. The molecule has 1 unspecified atom stereocenters. The lowest BCUT2D eigenvalue weighted by atomic mass is 10.1. The summed E-state index contributed by atoms with van der Waals surface area (Å²) in [6.45, 7) is 4.71. The molecule has 7 nitrogen and oxygen atoms in total. The number of ether oxygens (including phenoxy) is 2. The van der Waals surface area contributed by atoms with Crippen LogP contribution >= 0.6 is 0 Å². The summed E-state index contributed by atoms with van der Waals surface area (Å²) in [5, 5.41) is 4.06. The number of nitrogens with zero attached hydrogens (tertiary/aromatic N) is 3. The SMILES string of the molecule is CCCOc1ccc(-c2noc(C3CC(=O)N(c4ccc(C)cc4F)C3)n2)cc1OC. The average Bonchev–Trinajstić information content (AvgIpc) is 3.39. The van der Waals surface area contributed by atoms with E-state index in [0.29, 0.717) is 35.4 Å². The molecule has 1 aliphatic rings. The third kappa shape index (κ3) is 4.23. The van der Waals surface area contributed by atoms with Gasteiger partial charge in [-0.05, 0) is 49.2 Å². The zero-order valence-electron chi connectivity index (χ0n) is 17.7. The highest BCUT2D eigenvalue weighted by atomic mass is 19.1. The Morgan fingerprint density at radius 3 is 2.81 bits per heavy atom. The zero-order chi connectivity index (χ0) is 22.0. The minimum Gasteiger partial charge on any atom is -0.493 e. The van der Waals surface area contributed by atoms with Gasteiger partial charge in [-0.1, -0.05) is 18.1 Å². The van der Waals surface area contributed by atoms with E-state index in [4.69, 9.17) is 14.0 Å². The molecule has 1 aromatic heterocycles. The van der Waals surface area contributed by atoms with Crippen LogP contribution < -0.4 is 14.4 Å². The standard InChI is InChI=1S/C23H24FN3O4/c1-4-9-30-19-8-6-15(11-20(19)29-3)22-25-23(31-26-22)16-12-21(28)27(13-16)18-7-5-14(2)10-17(18)24/h5-8,10-11,16H,4,9,12-13H2,1-3H3. The van der Waals surface area contributed by atoms with Crippen molar-refractivity contribution in [2.45, 2.75) is 32.6 Å². The summed E-state index contributed by atoms with van der Waals surface area (Å²) in [6, 6.07) is 10.2. The molecule has 0 N–H and O–H groups in total. The second-order valence-electron chi connectivity index (χ2n) is 7.53. The Balaban J connectivity index is 1.53. The summed E-state index contributed by atoms with van der Waals surface area (Å²) in [6.07, 6.45) is 1.07. The summed E-state index contributed by atoms with van der Waals surface area (Å²) in [5.74, 6) is 1.07. The molecule has 8 heteroatoms. The van der Waals surface area contributed by atoms with Crippen molar-refractivity contribution in [3.63, 3.8) is 0 Å². The molecule has 0 aliphatic carbocycles. The molecule has 1 saturated heterocycles. The Morgan fingerprint density at radius 2 is 2.06 bits per heavy atom. The summed E-state index contributed by atoms with van der Waals surface area (Å²) in [7, 11) is 1.57. The second kappa shape index (κ2) is 8.75. The van der Waals surface area contributed by atoms with Crippen molar-refractivity contribution in [3.05, 3.63) is 53.7 Å². The Bertz CT molecular complexity index is 1100. The van der Waals surface area contributed by atoms with Crippen molar-refractivity contribution in [1.29, 1.82) is 0 Å². The van der Waals surface area contributed by atoms with Gasteiger partial charge in [0.25, 0.3) is 0 Å². The van der Waals surface area contributed by atoms with Gasteiger partial charge in [0, 0.05) is 18.5 Å². The van der Waals surface area contributed by atoms with Crippen LogP contribution in [0.1, 0.15) is 37.1 Å². The molecular weight excluding hydrogens is 401 g/mol. The van der Waals surface area contributed by atoms with Crippen LogP contribution in [-0.2, 0) is 4.79 Å². The molecular formula is C23H24FN3O4. The van der Waals surface area contributed by atoms with Crippen molar-refractivity contribution in [1.82, 2.24) is 10.1 Å². The van der Waals surface area contributed by atoms with E-state index in [2.05, 4.69) is 10.1 Å². The Kier molecular flexibility index (Phi) is 5.88. The lowest BCUT2D eigenvalue weighted by molar-refractivity contribution is -0.117. The van der Waals surface area contributed by atoms with E-state index < -0.39 is 5.82 Å². The van der Waals surface area contributed by atoms with Gasteiger partial charge in [-0.15, -0.1) is 0 Å². The molecule has 4 rings (SSSR count). The van der Waals surface area contributed by atoms with Crippen molar-refractivity contribution in [2.24, 2.45) is 0 Å². The fourth-order valence-corrected chi connectivity index (χ4v) is 3.59. The number of anilines is 1. The molecule has 0 spiro atoms. The maximum Gasteiger partial charge on any atom is 0.232 e. The number of aromatic nitrogens is 2. The second-order valence-corrected chi connectivity index (χ2v) is 7.53. The summed E-state index contributed by atoms with van der Waals surface area (Å²) >= 11 is 0. The van der Waals surface area contributed by atoms with Gasteiger partial charge in [0.1, 0.15) is 5.82 Å². The predicted octanol–water partition coefficient (Wildman–Crippen LogP) is 4.50. The van der Waals surface area contributed by atoms with Crippen LogP contribution in [0.3, 0.4) is 0 Å². The van der Waals surface area contributed by atoms with Crippen LogP contribution in [0, 0.1) is 12.7 Å². The third-order valence-corrected chi connectivity index (χ3v) is 5.19. The molecule has 0 bridgehead atoms. The highest BCUT2D eigenvalue weighted by Gasteiger charge is 2.36. The topological polar surface area (TPSA) is 77.7 Å². The molecule has 0 radical (unpaired) electrons. The normalized spacial score (nSPS) is 16.1. The van der Waals surface area contributed by atoms with Gasteiger partial charge in [0.05, 0.1) is 25.3 Å². The number of methoxy groups -OCH3 is 1. The van der Waals surface area contributed by atoms with Gasteiger partial charge < -0.3 is 18.9 Å². The quantitative estimate of drug-likeness (QED) is 0.555. The molecule has 1 atom stereocenters. The van der Waals surface area contributed by atoms with E-state index >= 15 is 0 Å². The van der Waals surface area contributed by atoms with Gasteiger partial charge in [0.2, 0.25) is 17.6 Å². The first-order chi connectivity index (χ1) is 15.0. The van der Waals surface area contributed by atoms with Crippen LogP contribution in [0.15, 0.2) is 40.9 Å². The van der Waals surface area contributed by atoms with Gasteiger partial charge in [-0.2, -0.15) is 4.98 Å². The number of benzene rings is 2. The van der Waals surface area contributed by atoms with Crippen molar-refractivity contribution in [2.75, 3.05) is 25.2 Å². The Hall–Kier alpha value is -3.42. The fourth-order valence-electron chi connectivity index (χ4n) is 3.59. The van der Waals surface area contributed by atoms with Crippen LogP contribution in [0.2, 0.25) is 0 Å². The first-order valence-corrected chi connectivity index (χ1v) is 10.2. The van der Waals surface area contributed by atoms with Crippen LogP contribution in [0.4, 0.5) is 10.1 Å². The van der Waals surface area contributed by atoms with E-state index in [-0.39, 0.29) is 30.5 Å². The largest absolute Gasteiger partial charge is 0.493 e. The molecule has 1 fully saturated rings. The van der Waals surface area contributed by atoms with Crippen molar-refractivity contribution < 1.29 is 23.2 Å². The zero-order valence-corrected chi connectivity index (χ0v) is 17.7. The van der Waals surface area contributed by atoms with Crippen LogP contribution in [0.25, 0.3) is 11.4 Å². The lowest BCUT2D eigenvalue weighted by Crippen LogP contribution is -2.25. The molecule has 3 aromatic rings. The third-order valence-electron chi connectivity index (χ3n) is 5.19. The number of hydrogen-bond donors (Lipinski definition) is 0. The highest BCUT2D eigenvalue weighted by molar-refractivity contribution is 5.96. The summed E-state index contributed by atoms with van der Waals surface area (Å²) in [4.78, 5) is 18.4. The molecule has 0 saturated carbocycles. The van der Waals surface area contributed by atoms with Crippen molar-refractivity contribution in [3.8, 4) is 22.9 Å². The van der Waals surface area contributed by atoms with E-state index in [1.165, 1.54) is 11.0 Å². The van der Waals surface area contributed by atoms with Crippen LogP contribution in [-0.4, -0.2) is 36.3 Å². The van der Waals surface area contributed by atoms with E-state index in [1.807, 2.05) is 13.0 Å². The predicted molar refractivity (Wildman–Crippen MR) is 113 cm³/mol. The number of carbonyl (C=O) groups is 1. The van der Waals surface area contributed by atoms with Gasteiger partial charge in [-0.25, -0.2) is 4.39 Å². The highest BCUT2D eigenvalue weighted by Crippen LogP contribution is 2.35. The number of hydrogen-bond acceptors (Lipinski definition) is 6. The number of carbonyl (C=O) groups excluding carboxylic acids is 1. The Labute approximate surface area is 179 Å². The molecule has 2 heterocycles. The number of halogens is 1. The maximum absolute atomic E-state index is 14.3. The molecule has 1 aliphatic heterocycles. The first-order valence-electron chi connectivity index (χ1n) is 10.2. The van der Waals surface area contributed by atoms with Gasteiger partial charge >= 0.3 is 0 Å². The van der Waals surface area contributed by atoms with Crippen LogP contribution in [0.5, 0.6) is 11.5 Å². The van der Waals surface area contributed by atoms with Gasteiger partial charge in [-0.3, -0.25) is 4.79 Å². The van der Waals surface area contributed by atoms with E-state index in [0.717, 1.165) is 12.0 Å². The number of amides is 1. The van der Waals surface area contributed by atoms with E-state index in [9.17, 15) is 9.18 Å². The Morgan fingerprint density at radius 1 is 1.23 bits per heavy atom. The smallest absolute Gasteiger partial charge is 0.232 e. The van der Waals surface area contributed by atoms with E-state index in [1.54, 1.807) is 38.3 Å². The first kappa shape index (κ1) is 20.8. The monoisotopic (exact) mass is 425 g/mol. The number of rotatable bonds is 7. The molecule has 1 amide bonds. The average molecular weight is 425 g/mol. The maximum atomic E-state index is 14.3. The molecule has 31 heavy (non-hydrogen) atoms. The lowest BCUT2D eigenvalue weighted by Gasteiger charge is -2.17. The minimum absolute atomic E-state index is 0.174. The minimum atomic E-state index is -0.419. The summed E-state index contributed by atoms with van der Waals surface area (Å²) < 4.78 is 30.9. The van der Waals surface area contributed by atoms with Gasteiger partial charge in [0.15, 0.2) is 11.5 Å². The summed E-state index contributed by atoms with van der Waals surface area (Å²) in [5.41, 5.74) is 1.78. The fraction of sp³-hybridized carbons (Fsp3) is 0.348. The molecule has 162 valence electrons.